The first-order chi connectivity index (χ1) is 9.15. The van der Waals surface area contributed by atoms with Gasteiger partial charge in [0.05, 0.1) is 13.2 Å². The van der Waals surface area contributed by atoms with Crippen LogP contribution in [-0.4, -0.2) is 36.1 Å². The van der Waals surface area contributed by atoms with Crippen LogP contribution in [0.3, 0.4) is 0 Å². The van der Waals surface area contributed by atoms with E-state index in [1.165, 1.54) is 0 Å². The minimum atomic E-state index is 0.108. The topological polar surface area (TPSA) is 77.1 Å². The largest absolute Gasteiger partial charge is 0.497 e. The van der Waals surface area contributed by atoms with Gasteiger partial charge < -0.3 is 20.4 Å². The maximum atomic E-state index is 8.85. The van der Waals surface area contributed by atoms with Crippen LogP contribution in [0.25, 0.3) is 0 Å². The van der Waals surface area contributed by atoms with Crippen molar-refractivity contribution in [1.29, 1.82) is 0 Å². The van der Waals surface area contributed by atoms with Crippen LogP contribution in [0.5, 0.6) is 5.75 Å². The third-order valence-electron chi connectivity index (χ3n) is 3.16. The van der Waals surface area contributed by atoms with Crippen molar-refractivity contribution in [3.05, 3.63) is 23.8 Å². The summed E-state index contributed by atoms with van der Waals surface area (Å²) in [7, 11) is 1.62. The predicted molar refractivity (Wildman–Crippen MR) is 75.2 cm³/mol. The van der Waals surface area contributed by atoms with Crippen molar-refractivity contribution in [1.82, 2.24) is 0 Å². The monoisotopic (exact) mass is 282 g/mol. The van der Waals surface area contributed by atoms with E-state index >= 15 is 0 Å². The van der Waals surface area contributed by atoms with Gasteiger partial charge in [0.2, 0.25) is 0 Å². The molecule has 0 saturated carbocycles. The first kappa shape index (κ1) is 14.0. The zero-order chi connectivity index (χ0) is 13.8. The SMILES string of the molecule is COc1ccc(/C(N)=N/O)c(SC2CCOC2C)c1. The normalized spacial score (nSPS) is 23.6. The Kier molecular flexibility index (Phi) is 4.55. The van der Waals surface area contributed by atoms with E-state index in [4.69, 9.17) is 20.4 Å². The number of amidine groups is 1. The zero-order valence-corrected chi connectivity index (χ0v) is 11.8. The molecule has 3 N–H and O–H groups in total. The zero-order valence-electron chi connectivity index (χ0n) is 11.0. The summed E-state index contributed by atoms with van der Waals surface area (Å²) in [6.45, 7) is 2.84. The smallest absolute Gasteiger partial charge is 0.171 e. The number of thioether (sulfide) groups is 1. The molecule has 0 radical (unpaired) electrons. The molecule has 104 valence electrons. The summed E-state index contributed by atoms with van der Waals surface area (Å²) in [6.07, 6.45) is 1.20. The number of benzene rings is 1. The van der Waals surface area contributed by atoms with E-state index in [0.717, 1.165) is 23.7 Å². The Balaban J connectivity index is 2.29. The average Bonchev–Trinajstić information content (AvgIpc) is 2.83. The Hall–Kier alpha value is -1.40. The molecule has 5 nitrogen and oxygen atoms in total. The van der Waals surface area contributed by atoms with Crippen molar-refractivity contribution in [3.63, 3.8) is 0 Å². The molecule has 0 amide bonds. The Morgan fingerprint density at radius 3 is 2.95 bits per heavy atom. The molecule has 0 aliphatic carbocycles. The third-order valence-corrected chi connectivity index (χ3v) is 4.67. The molecule has 0 aromatic heterocycles. The lowest BCUT2D eigenvalue weighted by Gasteiger charge is -2.16. The number of rotatable bonds is 4. The third kappa shape index (κ3) is 3.13. The van der Waals surface area contributed by atoms with E-state index in [1.54, 1.807) is 31.0 Å². The second kappa shape index (κ2) is 6.16. The summed E-state index contributed by atoms with van der Waals surface area (Å²) in [6, 6.07) is 5.51. The summed E-state index contributed by atoms with van der Waals surface area (Å²) in [5, 5.41) is 12.3. The average molecular weight is 282 g/mol. The van der Waals surface area contributed by atoms with Gasteiger partial charge in [-0.3, -0.25) is 0 Å². The van der Waals surface area contributed by atoms with Gasteiger partial charge in [0.25, 0.3) is 0 Å². The van der Waals surface area contributed by atoms with Crippen molar-refractivity contribution in [2.45, 2.75) is 29.6 Å². The Labute approximate surface area is 116 Å². The van der Waals surface area contributed by atoms with Gasteiger partial charge in [0.15, 0.2) is 5.84 Å². The number of methoxy groups -OCH3 is 1. The summed E-state index contributed by atoms with van der Waals surface area (Å²) < 4.78 is 10.8. The van der Waals surface area contributed by atoms with Gasteiger partial charge in [0, 0.05) is 22.3 Å². The molecule has 1 saturated heterocycles. The van der Waals surface area contributed by atoms with E-state index < -0.39 is 0 Å². The van der Waals surface area contributed by atoms with E-state index in [9.17, 15) is 0 Å². The van der Waals surface area contributed by atoms with Crippen molar-refractivity contribution in [3.8, 4) is 5.75 Å². The maximum Gasteiger partial charge on any atom is 0.171 e. The Bertz CT molecular complexity index is 479. The van der Waals surface area contributed by atoms with Gasteiger partial charge in [-0.1, -0.05) is 5.16 Å². The number of nitrogens with zero attached hydrogens (tertiary/aromatic N) is 1. The summed E-state index contributed by atoms with van der Waals surface area (Å²) >= 11 is 1.68. The molecule has 2 unspecified atom stereocenters. The van der Waals surface area contributed by atoms with Crippen LogP contribution in [0, 0.1) is 0 Å². The molecule has 1 aromatic rings. The van der Waals surface area contributed by atoms with Gasteiger partial charge in [0.1, 0.15) is 5.75 Å². The van der Waals surface area contributed by atoms with Gasteiger partial charge in [-0.05, 0) is 31.5 Å². The maximum absolute atomic E-state index is 8.85. The molecule has 1 aliphatic heterocycles. The lowest BCUT2D eigenvalue weighted by Crippen LogP contribution is -2.17. The van der Waals surface area contributed by atoms with E-state index in [1.807, 2.05) is 6.07 Å². The highest BCUT2D eigenvalue weighted by Crippen LogP contribution is 2.36. The molecule has 1 aliphatic rings. The minimum absolute atomic E-state index is 0.108. The van der Waals surface area contributed by atoms with Crippen molar-refractivity contribution >= 4 is 17.6 Å². The van der Waals surface area contributed by atoms with Gasteiger partial charge in [-0.15, -0.1) is 11.8 Å². The first-order valence-electron chi connectivity index (χ1n) is 6.10. The molecular formula is C13H18N2O3S. The molecule has 6 heteroatoms. The molecule has 0 spiro atoms. The number of ether oxygens (including phenoxy) is 2. The van der Waals surface area contributed by atoms with Crippen LogP contribution in [0.4, 0.5) is 0 Å². The molecule has 0 bridgehead atoms. The Morgan fingerprint density at radius 2 is 2.37 bits per heavy atom. The fourth-order valence-corrected chi connectivity index (χ4v) is 3.32. The fourth-order valence-electron chi connectivity index (χ4n) is 2.02. The van der Waals surface area contributed by atoms with Crippen molar-refractivity contribution in [2.75, 3.05) is 13.7 Å². The van der Waals surface area contributed by atoms with Crippen LogP contribution in [0.15, 0.2) is 28.3 Å². The van der Waals surface area contributed by atoms with Crippen LogP contribution in [0.1, 0.15) is 18.9 Å². The fraction of sp³-hybridized carbons (Fsp3) is 0.462. The van der Waals surface area contributed by atoms with E-state index in [0.29, 0.717) is 10.8 Å². The number of nitrogens with two attached hydrogens (primary N) is 1. The van der Waals surface area contributed by atoms with Crippen molar-refractivity contribution < 1.29 is 14.7 Å². The summed E-state index contributed by atoms with van der Waals surface area (Å²) in [5.41, 5.74) is 6.43. The lowest BCUT2D eigenvalue weighted by atomic mass is 10.2. The van der Waals surface area contributed by atoms with Crippen LogP contribution < -0.4 is 10.5 Å². The standard InChI is InChI=1S/C13H18N2O3S/c1-8-11(5-6-18-8)19-12-7-9(17-2)3-4-10(12)13(14)15-16/h3-4,7-8,11,16H,5-6H2,1-2H3,(H2,14,15). The van der Waals surface area contributed by atoms with Crippen LogP contribution >= 0.6 is 11.8 Å². The predicted octanol–water partition coefficient (Wildman–Crippen LogP) is 2.06. The molecule has 2 rings (SSSR count). The number of hydrogen-bond donors (Lipinski definition) is 2. The first-order valence-corrected chi connectivity index (χ1v) is 6.98. The number of hydrogen-bond acceptors (Lipinski definition) is 5. The molecule has 1 aromatic carbocycles. The lowest BCUT2D eigenvalue weighted by molar-refractivity contribution is 0.127. The van der Waals surface area contributed by atoms with Gasteiger partial charge in [-0.25, -0.2) is 0 Å². The van der Waals surface area contributed by atoms with Crippen LogP contribution in [0.2, 0.25) is 0 Å². The Morgan fingerprint density at radius 1 is 1.58 bits per heavy atom. The van der Waals surface area contributed by atoms with Gasteiger partial charge in [-0.2, -0.15) is 0 Å². The highest BCUT2D eigenvalue weighted by molar-refractivity contribution is 8.00. The summed E-state index contributed by atoms with van der Waals surface area (Å²) in [4.78, 5) is 0.942. The van der Waals surface area contributed by atoms with Crippen molar-refractivity contribution in [2.24, 2.45) is 10.9 Å². The van der Waals surface area contributed by atoms with E-state index in [-0.39, 0.29) is 11.9 Å². The molecule has 1 fully saturated rings. The second-order valence-corrected chi connectivity index (χ2v) is 5.65. The molecule has 2 atom stereocenters. The van der Waals surface area contributed by atoms with Gasteiger partial charge >= 0.3 is 0 Å². The molecule has 19 heavy (non-hydrogen) atoms. The van der Waals surface area contributed by atoms with Crippen LogP contribution in [-0.2, 0) is 4.74 Å². The quantitative estimate of drug-likeness (QED) is 0.382. The molecule has 1 heterocycles. The molecular weight excluding hydrogens is 264 g/mol. The highest BCUT2D eigenvalue weighted by Gasteiger charge is 2.26. The minimum Gasteiger partial charge on any atom is -0.497 e. The number of oxime groups is 1. The van der Waals surface area contributed by atoms with E-state index in [2.05, 4.69) is 12.1 Å². The summed E-state index contributed by atoms with van der Waals surface area (Å²) in [5.74, 6) is 0.861. The second-order valence-electron chi connectivity index (χ2n) is 4.37. The highest BCUT2D eigenvalue weighted by atomic mass is 32.2.